The summed E-state index contributed by atoms with van der Waals surface area (Å²) < 4.78 is 69.8. The number of rotatable bonds is 8. The topological polar surface area (TPSA) is 107 Å². The molecule has 1 N–H and O–H groups in total. The summed E-state index contributed by atoms with van der Waals surface area (Å²) in [6.45, 7) is 0. The molecule has 1 aromatic carbocycles. The molecule has 7 nitrogen and oxygen atoms in total. The van der Waals surface area contributed by atoms with E-state index in [9.17, 15) is 26.8 Å². The van der Waals surface area contributed by atoms with Crippen LogP contribution in [-0.2, 0) is 43.3 Å². The van der Waals surface area contributed by atoms with Gasteiger partial charge in [-0.05, 0) is 55.6 Å². The first-order chi connectivity index (χ1) is 16.3. The van der Waals surface area contributed by atoms with Gasteiger partial charge in [-0.1, -0.05) is 36.2 Å². The van der Waals surface area contributed by atoms with E-state index in [1.54, 1.807) is 12.1 Å². The van der Waals surface area contributed by atoms with E-state index in [1.807, 2.05) is 0 Å². The molecule has 1 aromatic rings. The fourth-order valence-corrected chi connectivity index (χ4v) is 6.72. The molecular formula is C22H23B3F2O7S. The summed E-state index contributed by atoms with van der Waals surface area (Å²) in [6.07, 6.45) is 2.43. The molecule has 0 heterocycles. The number of carbonyl (C=O) groups is 2. The molecule has 4 fully saturated rings. The molecule has 5 rings (SSSR count). The lowest BCUT2D eigenvalue weighted by atomic mass is 9.52. The van der Waals surface area contributed by atoms with E-state index in [1.165, 1.54) is 0 Å². The Morgan fingerprint density at radius 2 is 1.57 bits per heavy atom. The first-order valence-corrected chi connectivity index (χ1v) is 12.8. The fraction of sp³-hybridized carbons (Fsp3) is 0.636. The molecule has 4 saturated carbocycles. The minimum atomic E-state index is -6.00. The van der Waals surface area contributed by atoms with Crippen molar-refractivity contribution in [3.05, 3.63) is 34.4 Å². The highest BCUT2D eigenvalue weighted by Gasteiger charge is 2.64. The highest BCUT2D eigenvalue weighted by molar-refractivity contribution is 7.87. The predicted octanol–water partition coefficient (Wildman–Crippen LogP) is 1.96. The normalized spacial score (nSPS) is 29.7. The Balaban J connectivity index is 1.63. The Morgan fingerprint density at radius 3 is 2.06 bits per heavy atom. The summed E-state index contributed by atoms with van der Waals surface area (Å²) in [5.41, 5.74) is -0.441. The standard InChI is InChI=1S/C22H23B3F2O7S/c23-8-12-2-15(9-24)17(10-25)16(3-12)18(28)33-20-4-13-1-14(5-20)7-21(6-13,11-20)34-19(29)22(26,27)35(30,31)32/h2-3,13-14H,1,4-11H2,(H,30,31,32). The summed E-state index contributed by atoms with van der Waals surface area (Å²) in [7, 11) is 11.4. The molecule has 6 radical (unpaired) electrons. The lowest BCUT2D eigenvalue weighted by Crippen LogP contribution is -2.62. The second kappa shape index (κ2) is 8.90. The van der Waals surface area contributed by atoms with Crippen molar-refractivity contribution >= 4 is 45.6 Å². The van der Waals surface area contributed by atoms with Crippen LogP contribution in [0.4, 0.5) is 8.78 Å². The van der Waals surface area contributed by atoms with Crippen molar-refractivity contribution in [2.75, 3.05) is 0 Å². The number of ether oxygens (including phenoxy) is 2. The Kier molecular flexibility index (Phi) is 6.66. The smallest absolute Gasteiger partial charge is 0.455 e. The molecule has 35 heavy (non-hydrogen) atoms. The van der Waals surface area contributed by atoms with Crippen LogP contribution in [0.3, 0.4) is 0 Å². The van der Waals surface area contributed by atoms with E-state index in [4.69, 9.17) is 37.6 Å². The molecule has 0 saturated heterocycles. The third-order valence-electron chi connectivity index (χ3n) is 7.42. The van der Waals surface area contributed by atoms with E-state index in [-0.39, 0.29) is 55.6 Å². The van der Waals surface area contributed by atoms with Gasteiger partial charge in [0.1, 0.15) is 11.2 Å². The maximum absolute atomic E-state index is 13.9. The van der Waals surface area contributed by atoms with Crippen molar-refractivity contribution in [3.8, 4) is 0 Å². The van der Waals surface area contributed by atoms with Crippen LogP contribution < -0.4 is 0 Å². The molecule has 0 amide bonds. The molecule has 0 aromatic heterocycles. The zero-order chi connectivity index (χ0) is 25.8. The molecule has 4 aliphatic rings. The second-order valence-corrected chi connectivity index (χ2v) is 11.5. The third-order valence-corrected chi connectivity index (χ3v) is 8.23. The summed E-state index contributed by atoms with van der Waals surface area (Å²) in [5.74, 6) is -3.14. The maximum atomic E-state index is 13.9. The molecular weight excluding hydrogens is 479 g/mol. The van der Waals surface area contributed by atoms with E-state index >= 15 is 0 Å². The molecule has 0 aliphatic heterocycles. The first kappa shape index (κ1) is 26.2. The average Bonchev–Trinajstić information content (AvgIpc) is 2.75. The third kappa shape index (κ3) is 4.66. The monoisotopic (exact) mass is 502 g/mol. The van der Waals surface area contributed by atoms with Gasteiger partial charge < -0.3 is 9.47 Å². The summed E-state index contributed by atoms with van der Waals surface area (Å²) in [6, 6.07) is 3.36. The van der Waals surface area contributed by atoms with Crippen molar-refractivity contribution in [3.63, 3.8) is 0 Å². The zero-order valence-corrected chi connectivity index (χ0v) is 19.8. The van der Waals surface area contributed by atoms with Gasteiger partial charge >= 0.3 is 27.3 Å². The van der Waals surface area contributed by atoms with Gasteiger partial charge in [-0.15, -0.1) is 0 Å². The van der Waals surface area contributed by atoms with Crippen LogP contribution in [0.5, 0.6) is 0 Å². The number of alkyl halides is 2. The molecule has 2 atom stereocenters. The van der Waals surface area contributed by atoms with Crippen molar-refractivity contribution in [2.45, 2.75) is 73.9 Å². The minimum absolute atomic E-state index is 0.0341. The lowest BCUT2D eigenvalue weighted by Gasteiger charge is -2.60. The van der Waals surface area contributed by atoms with Crippen LogP contribution in [0.2, 0.25) is 0 Å². The van der Waals surface area contributed by atoms with E-state index in [2.05, 4.69) is 0 Å². The highest BCUT2D eigenvalue weighted by atomic mass is 32.2. The van der Waals surface area contributed by atoms with Crippen molar-refractivity contribution in [2.24, 2.45) is 11.8 Å². The summed E-state index contributed by atoms with van der Waals surface area (Å²) in [4.78, 5) is 25.5. The minimum Gasteiger partial charge on any atom is -0.455 e. The van der Waals surface area contributed by atoms with Gasteiger partial charge in [-0.3, -0.25) is 4.55 Å². The molecule has 4 aliphatic carbocycles. The maximum Gasteiger partial charge on any atom is 0.465 e. The van der Waals surface area contributed by atoms with Gasteiger partial charge in [0.25, 0.3) is 0 Å². The molecule has 0 spiro atoms. The van der Waals surface area contributed by atoms with Gasteiger partial charge in [0, 0.05) is 6.42 Å². The Bertz CT molecular complexity index is 1140. The van der Waals surface area contributed by atoms with Gasteiger partial charge in [-0.2, -0.15) is 17.2 Å². The van der Waals surface area contributed by atoms with Gasteiger partial charge in [0.05, 0.1) is 29.1 Å². The second-order valence-electron chi connectivity index (χ2n) is 9.99. The SMILES string of the molecule is [B]Cc1cc(C[B])c(C[B])c(C(=O)OC23CC4CC(C2)CC(OC(=O)C(F)(F)S(=O)(=O)O)(C4)C3)c1. The van der Waals surface area contributed by atoms with E-state index in [0.717, 1.165) is 6.42 Å². The fourth-order valence-electron chi connectivity index (χ4n) is 6.47. The van der Waals surface area contributed by atoms with Crippen LogP contribution in [0.25, 0.3) is 0 Å². The predicted molar refractivity (Wildman–Crippen MR) is 123 cm³/mol. The summed E-state index contributed by atoms with van der Waals surface area (Å²) >= 11 is 0. The molecule has 13 heteroatoms. The number of halogens is 2. The quantitative estimate of drug-likeness (QED) is 0.329. The lowest BCUT2D eigenvalue weighted by molar-refractivity contribution is -0.228. The number of hydrogen-bond donors (Lipinski definition) is 1. The Hall–Kier alpha value is -1.88. The van der Waals surface area contributed by atoms with E-state index < -0.39 is 38.5 Å². The highest BCUT2D eigenvalue weighted by Crippen LogP contribution is 2.60. The van der Waals surface area contributed by atoms with Crippen molar-refractivity contribution in [1.29, 1.82) is 0 Å². The number of benzene rings is 1. The molecule has 4 bridgehead atoms. The summed E-state index contributed by atoms with van der Waals surface area (Å²) in [5, 5.41) is -5.10. The van der Waals surface area contributed by atoms with Crippen molar-refractivity contribution in [1.82, 2.24) is 0 Å². The van der Waals surface area contributed by atoms with Gasteiger partial charge in [0.15, 0.2) is 0 Å². The van der Waals surface area contributed by atoms with Crippen LogP contribution >= 0.6 is 0 Å². The molecule has 2 unspecified atom stereocenters. The Labute approximate surface area is 206 Å². The van der Waals surface area contributed by atoms with Crippen molar-refractivity contribution < 1.29 is 40.8 Å². The van der Waals surface area contributed by atoms with Crippen LogP contribution in [0, 0.1) is 11.8 Å². The van der Waals surface area contributed by atoms with Gasteiger partial charge in [-0.25, -0.2) is 9.59 Å². The Morgan fingerprint density at radius 1 is 1.00 bits per heavy atom. The van der Waals surface area contributed by atoms with Gasteiger partial charge in [0.2, 0.25) is 0 Å². The van der Waals surface area contributed by atoms with Crippen LogP contribution in [0.1, 0.15) is 65.6 Å². The average molecular weight is 502 g/mol. The van der Waals surface area contributed by atoms with Crippen LogP contribution in [-0.4, -0.2) is 64.9 Å². The first-order valence-electron chi connectivity index (χ1n) is 11.3. The largest absolute Gasteiger partial charge is 0.465 e. The molecule has 182 valence electrons. The number of carbonyl (C=O) groups excluding carboxylic acids is 2. The zero-order valence-electron chi connectivity index (χ0n) is 19.0. The number of hydrogen-bond acceptors (Lipinski definition) is 6. The number of esters is 2. The van der Waals surface area contributed by atoms with Crippen LogP contribution in [0.15, 0.2) is 12.1 Å². The van der Waals surface area contributed by atoms with E-state index in [0.29, 0.717) is 29.5 Å².